The SMILES string of the molecule is CC1(C)OB(C(CC(=O)O)c2ccc(Br)c(Cl)c2)OC1(C)C. The highest BCUT2D eigenvalue weighted by Crippen LogP contribution is 2.42. The summed E-state index contributed by atoms with van der Waals surface area (Å²) in [4.78, 5) is 11.3. The van der Waals surface area contributed by atoms with Crippen LogP contribution in [0.2, 0.25) is 5.02 Å². The lowest BCUT2D eigenvalue weighted by Crippen LogP contribution is -2.41. The van der Waals surface area contributed by atoms with Crippen LogP contribution in [0.1, 0.15) is 45.5 Å². The predicted octanol–water partition coefficient (Wildman–Crippen LogP) is 4.29. The van der Waals surface area contributed by atoms with Crippen molar-refractivity contribution >= 4 is 40.6 Å². The highest BCUT2D eigenvalue weighted by atomic mass is 79.9. The Hall–Kier alpha value is -0.555. The number of hydrogen-bond acceptors (Lipinski definition) is 3. The summed E-state index contributed by atoms with van der Waals surface area (Å²) in [6, 6.07) is 5.40. The van der Waals surface area contributed by atoms with E-state index in [1.54, 1.807) is 12.1 Å². The van der Waals surface area contributed by atoms with Gasteiger partial charge in [0.25, 0.3) is 0 Å². The van der Waals surface area contributed by atoms with Gasteiger partial charge in [0.15, 0.2) is 0 Å². The van der Waals surface area contributed by atoms with E-state index in [9.17, 15) is 9.90 Å². The molecule has 1 heterocycles. The van der Waals surface area contributed by atoms with Crippen molar-refractivity contribution in [3.05, 3.63) is 33.3 Å². The van der Waals surface area contributed by atoms with E-state index in [0.29, 0.717) is 5.02 Å². The Morgan fingerprint density at radius 3 is 2.32 bits per heavy atom. The molecule has 1 aromatic rings. The van der Waals surface area contributed by atoms with Gasteiger partial charge >= 0.3 is 13.1 Å². The number of carbonyl (C=O) groups is 1. The van der Waals surface area contributed by atoms with Crippen molar-refractivity contribution in [1.82, 2.24) is 0 Å². The molecule has 0 aliphatic carbocycles. The summed E-state index contributed by atoms with van der Waals surface area (Å²) in [5, 5.41) is 9.77. The first-order valence-corrected chi connectivity index (χ1v) is 8.23. The molecule has 0 amide bonds. The fourth-order valence-electron chi connectivity index (χ4n) is 2.36. The molecule has 1 aliphatic heterocycles. The third-order valence-electron chi connectivity index (χ3n) is 4.37. The molecule has 1 aliphatic rings. The molecule has 0 saturated carbocycles. The van der Waals surface area contributed by atoms with Gasteiger partial charge in [-0.2, -0.15) is 0 Å². The Bertz CT molecular complexity index is 575. The lowest BCUT2D eigenvalue weighted by molar-refractivity contribution is -0.137. The zero-order chi connectivity index (χ0) is 16.7. The average molecular weight is 389 g/mol. The van der Waals surface area contributed by atoms with E-state index in [2.05, 4.69) is 15.9 Å². The van der Waals surface area contributed by atoms with Crippen LogP contribution in [0.4, 0.5) is 0 Å². The van der Waals surface area contributed by atoms with Gasteiger partial charge in [-0.1, -0.05) is 17.7 Å². The van der Waals surface area contributed by atoms with Crippen molar-refractivity contribution in [2.24, 2.45) is 0 Å². The Kier molecular flexibility index (Phi) is 4.98. The van der Waals surface area contributed by atoms with Crippen LogP contribution < -0.4 is 0 Å². The molecule has 1 atom stereocenters. The Morgan fingerprint density at radius 1 is 1.32 bits per heavy atom. The molecule has 2 rings (SSSR count). The second-order valence-electron chi connectivity index (χ2n) is 6.50. The van der Waals surface area contributed by atoms with Crippen LogP contribution >= 0.6 is 27.5 Å². The number of halogens is 2. The zero-order valence-electron chi connectivity index (χ0n) is 13.0. The van der Waals surface area contributed by atoms with Gasteiger partial charge in [0.1, 0.15) is 0 Å². The monoisotopic (exact) mass is 388 g/mol. The van der Waals surface area contributed by atoms with Gasteiger partial charge in [-0.3, -0.25) is 4.79 Å². The van der Waals surface area contributed by atoms with Crippen LogP contribution in [0.5, 0.6) is 0 Å². The molecule has 0 radical (unpaired) electrons. The predicted molar refractivity (Wildman–Crippen MR) is 90.2 cm³/mol. The average Bonchev–Trinajstić information content (AvgIpc) is 2.59. The molecule has 1 N–H and O–H groups in total. The van der Waals surface area contributed by atoms with Gasteiger partial charge in [-0.25, -0.2) is 0 Å². The molecule has 1 unspecified atom stereocenters. The van der Waals surface area contributed by atoms with Crippen LogP contribution in [-0.4, -0.2) is 29.4 Å². The number of rotatable bonds is 4. The number of carboxylic acid groups (broad SMARTS) is 1. The van der Waals surface area contributed by atoms with E-state index in [0.717, 1.165) is 10.0 Å². The van der Waals surface area contributed by atoms with Crippen LogP contribution in [0.3, 0.4) is 0 Å². The molecule has 4 nitrogen and oxygen atoms in total. The van der Waals surface area contributed by atoms with E-state index < -0.39 is 30.1 Å². The molecule has 0 spiro atoms. The number of benzene rings is 1. The summed E-state index contributed by atoms with van der Waals surface area (Å²) in [6.45, 7) is 7.78. The Morgan fingerprint density at radius 2 is 1.86 bits per heavy atom. The van der Waals surface area contributed by atoms with Gasteiger partial charge < -0.3 is 14.4 Å². The van der Waals surface area contributed by atoms with Crippen molar-refractivity contribution in [2.75, 3.05) is 0 Å². The van der Waals surface area contributed by atoms with Crippen LogP contribution in [0, 0.1) is 0 Å². The summed E-state index contributed by atoms with van der Waals surface area (Å²) in [6.07, 6.45) is -0.0885. The maximum atomic E-state index is 11.3. The molecular weight excluding hydrogens is 370 g/mol. The van der Waals surface area contributed by atoms with Crippen molar-refractivity contribution in [3.8, 4) is 0 Å². The maximum absolute atomic E-state index is 11.3. The number of hydrogen-bond donors (Lipinski definition) is 1. The summed E-state index contributed by atoms with van der Waals surface area (Å²) in [7, 11) is -0.627. The Balaban J connectivity index is 2.35. The summed E-state index contributed by atoms with van der Waals surface area (Å²) >= 11 is 9.48. The molecule has 120 valence electrons. The first-order chi connectivity index (χ1) is 10.0. The highest BCUT2D eigenvalue weighted by Gasteiger charge is 2.54. The van der Waals surface area contributed by atoms with Crippen LogP contribution in [-0.2, 0) is 14.1 Å². The molecule has 1 saturated heterocycles. The van der Waals surface area contributed by atoms with Crippen molar-refractivity contribution in [1.29, 1.82) is 0 Å². The minimum atomic E-state index is -0.904. The van der Waals surface area contributed by atoms with Crippen molar-refractivity contribution in [3.63, 3.8) is 0 Å². The fourth-order valence-corrected chi connectivity index (χ4v) is 2.79. The standard InChI is InChI=1S/C15H19BBrClO4/c1-14(2)15(3,4)22-16(21-14)10(8-13(19)20)9-5-6-11(17)12(18)7-9/h5-7,10H,8H2,1-4H3,(H,19,20). The summed E-state index contributed by atoms with van der Waals surface area (Å²) in [5.41, 5.74) is -0.227. The van der Waals surface area contributed by atoms with Gasteiger partial charge in [-0.05, 0) is 61.3 Å². The lowest BCUT2D eigenvalue weighted by Gasteiger charge is -2.32. The third kappa shape index (κ3) is 3.50. The molecular formula is C15H19BBrClO4. The first-order valence-electron chi connectivity index (χ1n) is 7.06. The molecule has 1 fully saturated rings. The fraction of sp³-hybridized carbons (Fsp3) is 0.533. The van der Waals surface area contributed by atoms with Gasteiger partial charge in [0, 0.05) is 10.3 Å². The van der Waals surface area contributed by atoms with Crippen LogP contribution in [0.25, 0.3) is 0 Å². The second-order valence-corrected chi connectivity index (χ2v) is 7.76. The molecule has 0 bridgehead atoms. The summed E-state index contributed by atoms with van der Waals surface area (Å²) in [5.74, 6) is -1.33. The normalized spacial score (nSPS) is 20.9. The molecule has 7 heteroatoms. The lowest BCUT2D eigenvalue weighted by atomic mass is 9.66. The van der Waals surface area contributed by atoms with E-state index in [1.165, 1.54) is 0 Å². The smallest absolute Gasteiger partial charge is 0.466 e. The maximum Gasteiger partial charge on any atom is 0.466 e. The second kappa shape index (κ2) is 6.15. The van der Waals surface area contributed by atoms with E-state index in [-0.39, 0.29) is 6.42 Å². The summed E-state index contributed by atoms with van der Waals surface area (Å²) < 4.78 is 12.8. The van der Waals surface area contributed by atoms with Crippen LogP contribution in [0.15, 0.2) is 22.7 Å². The van der Waals surface area contributed by atoms with E-state index >= 15 is 0 Å². The van der Waals surface area contributed by atoms with Gasteiger partial charge in [-0.15, -0.1) is 0 Å². The Labute approximate surface area is 144 Å². The topological polar surface area (TPSA) is 55.8 Å². The van der Waals surface area contributed by atoms with Gasteiger partial charge in [0.05, 0.1) is 22.6 Å². The molecule has 0 aromatic heterocycles. The van der Waals surface area contributed by atoms with Gasteiger partial charge in [0.2, 0.25) is 0 Å². The minimum Gasteiger partial charge on any atom is -0.481 e. The van der Waals surface area contributed by atoms with E-state index in [1.807, 2.05) is 33.8 Å². The zero-order valence-corrected chi connectivity index (χ0v) is 15.4. The van der Waals surface area contributed by atoms with Crippen molar-refractivity contribution in [2.45, 2.75) is 51.1 Å². The molecule has 1 aromatic carbocycles. The molecule has 22 heavy (non-hydrogen) atoms. The third-order valence-corrected chi connectivity index (χ3v) is 5.60. The minimum absolute atomic E-state index is 0.0885. The van der Waals surface area contributed by atoms with E-state index in [4.69, 9.17) is 20.9 Å². The van der Waals surface area contributed by atoms with Crippen molar-refractivity contribution < 1.29 is 19.2 Å². The number of carboxylic acids is 1. The highest BCUT2D eigenvalue weighted by molar-refractivity contribution is 9.10. The largest absolute Gasteiger partial charge is 0.481 e. The quantitative estimate of drug-likeness (QED) is 0.781. The number of aliphatic carboxylic acids is 1. The first kappa shape index (κ1) is 17.8.